The summed E-state index contributed by atoms with van der Waals surface area (Å²) in [6, 6.07) is 18.2. The predicted molar refractivity (Wildman–Crippen MR) is 96.4 cm³/mol. The molecule has 2 aromatic heterocycles. The molecule has 0 fully saturated rings. The molecule has 0 saturated carbocycles. The molecule has 0 aliphatic heterocycles. The Labute approximate surface area is 147 Å². The maximum atomic E-state index is 12.3. The van der Waals surface area contributed by atoms with Gasteiger partial charge in [0.25, 0.3) is 5.91 Å². The second-order valence-corrected chi connectivity index (χ2v) is 6.19. The van der Waals surface area contributed by atoms with E-state index in [1.807, 2.05) is 41.8 Å². The highest BCUT2D eigenvalue weighted by Crippen LogP contribution is 2.30. The van der Waals surface area contributed by atoms with Crippen LogP contribution in [0.2, 0.25) is 0 Å². The number of nitrogens with zero attached hydrogens (tertiary/aromatic N) is 2. The summed E-state index contributed by atoms with van der Waals surface area (Å²) in [4.78, 5) is 16.7. The zero-order valence-electron chi connectivity index (χ0n) is 12.9. The van der Waals surface area contributed by atoms with Gasteiger partial charge in [0, 0.05) is 16.3 Å². The molecule has 0 unspecified atom stereocenters. The fourth-order valence-corrected chi connectivity index (χ4v) is 3.15. The lowest BCUT2D eigenvalue weighted by atomic mass is 10.1. The van der Waals surface area contributed by atoms with Crippen molar-refractivity contribution in [3.63, 3.8) is 0 Å². The van der Waals surface area contributed by atoms with Crippen LogP contribution >= 0.6 is 11.3 Å². The third-order valence-corrected chi connectivity index (χ3v) is 4.41. The molecule has 120 valence electrons. The largest absolute Gasteiger partial charge is 0.454 e. The number of thiazole rings is 1. The van der Waals surface area contributed by atoms with Crippen LogP contribution in [0.5, 0.6) is 0 Å². The van der Waals surface area contributed by atoms with Crippen molar-refractivity contribution >= 4 is 33.3 Å². The Bertz CT molecular complexity index is 1090. The van der Waals surface area contributed by atoms with Gasteiger partial charge in [-0.05, 0) is 30.3 Å². The van der Waals surface area contributed by atoms with Crippen LogP contribution in [0.4, 0.5) is 5.13 Å². The first-order chi connectivity index (χ1) is 12.2. The van der Waals surface area contributed by atoms with E-state index < -0.39 is 0 Å². The van der Waals surface area contributed by atoms with Gasteiger partial charge in [0.15, 0.2) is 10.9 Å². The number of nitriles is 1. The van der Waals surface area contributed by atoms with E-state index >= 15 is 0 Å². The Kier molecular flexibility index (Phi) is 3.77. The average molecular weight is 345 g/mol. The summed E-state index contributed by atoms with van der Waals surface area (Å²) >= 11 is 1.32. The number of carbonyl (C=O) groups is 1. The molecule has 0 bridgehead atoms. The van der Waals surface area contributed by atoms with E-state index in [9.17, 15) is 4.79 Å². The highest BCUT2D eigenvalue weighted by molar-refractivity contribution is 7.14. The van der Waals surface area contributed by atoms with Crippen LogP contribution in [0.3, 0.4) is 0 Å². The van der Waals surface area contributed by atoms with Gasteiger partial charge in [-0.15, -0.1) is 11.3 Å². The van der Waals surface area contributed by atoms with Gasteiger partial charge in [-0.2, -0.15) is 5.26 Å². The number of rotatable bonds is 3. The van der Waals surface area contributed by atoms with Crippen molar-refractivity contribution in [2.45, 2.75) is 0 Å². The summed E-state index contributed by atoms with van der Waals surface area (Å²) in [5, 5.41) is 15.0. The van der Waals surface area contributed by atoms with Crippen molar-refractivity contribution in [3.05, 3.63) is 71.1 Å². The molecule has 0 aliphatic rings. The van der Waals surface area contributed by atoms with Crippen LogP contribution in [0.1, 0.15) is 15.9 Å². The Morgan fingerprint density at radius 3 is 2.88 bits per heavy atom. The lowest BCUT2D eigenvalue weighted by Gasteiger charge is -2.01. The van der Waals surface area contributed by atoms with Crippen LogP contribution in [-0.4, -0.2) is 10.9 Å². The molecular weight excluding hydrogens is 334 g/mol. The number of hydrogen-bond acceptors (Lipinski definition) is 5. The number of amides is 1. The fraction of sp³-hybridized carbons (Fsp3) is 0. The molecule has 4 rings (SSSR count). The highest BCUT2D eigenvalue weighted by atomic mass is 32.1. The molecule has 2 heterocycles. The first-order valence-corrected chi connectivity index (χ1v) is 8.37. The van der Waals surface area contributed by atoms with E-state index in [4.69, 9.17) is 9.68 Å². The molecule has 1 N–H and O–H groups in total. The number of fused-ring (bicyclic) bond motifs is 1. The van der Waals surface area contributed by atoms with Crippen LogP contribution < -0.4 is 5.32 Å². The van der Waals surface area contributed by atoms with Crippen LogP contribution in [0.25, 0.3) is 22.4 Å². The molecule has 4 aromatic rings. The topological polar surface area (TPSA) is 78.9 Å². The third kappa shape index (κ3) is 3.01. The number of benzene rings is 2. The molecule has 6 heteroatoms. The van der Waals surface area contributed by atoms with Gasteiger partial charge in [-0.25, -0.2) is 4.98 Å². The molecular formula is C19H11N3O2S. The highest BCUT2D eigenvalue weighted by Gasteiger charge is 2.13. The number of anilines is 1. The van der Waals surface area contributed by atoms with E-state index in [1.54, 1.807) is 24.3 Å². The van der Waals surface area contributed by atoms with Crippen molar-refractivity contribution in [1.29, 1.82) is 5.26 Å². The molecule has 25 heavy (non-hydrogen) atoms. The maximum Gasteiger partial charge on any atom is 0.257 e. The van der Waals surface area contributed by atoms with E-state index in [0.29, 0.717) is 27.7 Å². The van der Waals surface area contributed by atoms with Crippen molar-refractivity contribution in [1.82, 2.24) is 4.98 Å². The maximum absolute atomic E-state index is 12.3. The second-order valence-electron chi connectivity index (χ2n) is 5.33. The normalized spacial score (nSPS) is 10.5. The molecule has 2 aromatic carbocycles. The summed E-state index contributed by atoms with van der Waals surface area (Å²) in [7, 11) is 0. The lowest BCUT2D eigenvalue weighted by Crippen LogP contribution is -2.11. The minimum absolute atomic E-state index is 0.303. The number of hydrogen-bond donors (Lipinski definition) is 1. The monoisotopic (exact) mass is 345 g/mol. The number of nitrogens with one attached hydrogen (secondary N) is 1. The Hall–Kier alpha value is -3.43. The van der Waals surface area contributed by atoms with Crippen molar-refractivity contribution in [3.8, 4) is 17.5 Å². The predicted octanol–water partition coefficient (Wildman–Crippen LogP) is 4.68. The molecule has 0 saturated heterocycles. The summed E-state index contributed by atoms with van der Waals surface area (Å²) < 4.78 is 5.78. The summed E-state index contributed by atoms with van der Waals surface area (Å²) in [6.07, 6.45) is 0. The van der Waals surface area contributed by atoms with Crippen LogP contribution in [0, 0.1) is 11.3 Å². The summed E-state index contributed by atoms with van der Waals surface area (Å²) in [5.74, 6) is 0.354. The van der Waals surface area contributed by atoms with Crippen molar-refractivity contribution in [2.24, 2.45) is 0 Å². The lowest BCUT2D eigenvalue weighted by molar-refractivity contribution is 0.102. The number of aromatic nitrogens is 1. The summed E-state index contributed by atoms with van der Waals surface area (Å²) in [5.41, 5.74) is 2.32. The smallest absolute Gasteiger partial charge is 0.257 e. The Morgan fingerprint density at radius 1 is 1.16 bits per heavy atom. The first kappa shape index (κ1) is 15.1. The Balaban J connectivity index is 1.56. The second kappa shape index (κ2) is 6.23. The Morgan fingerprint density at radius 2 is 2.04 bits per heavy atom. The van der Waals surface area contributed by atoms with Crippen LogP contribution in [0.15, 0.2) is 64.4 Å². The van der Waals surface area contributed by atoms with Crippen molar-refractivity contribution in [2.75, 3.05) is 5.32 Å². The standard InChI is InChI=1S/C19H11N3O2S/c20-10-12-4-3-6-14(8-12)18(23)22-19-21-15(11-25-19)17-9-13-5-1-2-7-16(13)24-17/h1-9,11H,(H,21,22,23). The zero-order valence-corrected chi connectivity index (χ0v) is 13.7. The number of para-hydroxylation sites is 1. The minimum atomic E-state index is -0.303. The quantitative estimate of drug-likeness (QED) is 0.585. The zero-order chi connectivity index (χ0) is 17.2. The molecule has 5 nitrogen and oxygen atoms in total. The molecule has 0 aliphatic carbocycles. The van der Waals surface area contributed by atoms with E-state index in [1.165, 1.54) is 11.3 Å². The van der Waals surface area contributed by atoms with Gasteiger partial charge in [0.1, 0.15) is 11.3 Å². The van der Waals surface area contributed by atoms with Gasteiger partial charge < -0.3 is 4.42 Å². The molecule has 0 spiro atoms. The number of carbonyl (C=O) groups excluding carboxylic acids is 1. The summed E-state index contributed by atoms with van der Waals surface area (Å²) in [6.45, 7) is 0. The van der Waals surface area contributed by atoms with Gasteiger partial charge >= 0.3 is 0 Å². The first-order valence-electron chi connectivity index (χ1n) is 7.49. The molecule has 0 atom stereocenters. The van der Waals surface area contributed by atoms with Gasteiger partial charge in [-0.3, -0.25) is 10.1 Å². The molecule has 1 amide bonds. The third-order valence-electron chi connectivity index (χ3n) is 3.66. The van der Waals surface area contributed by atoms with E-state index in [2.05, 4.69) is 10.3 Å². The van der Waals surface area contributed by atoms with Gasteiger partial charge in [0.05, 0.1) is 11.6 Å². The SMILES string of the molecule is N#Cc1cccc(C(=O)Nc2nc(-c3cc4ccccc4o3)cs2)c1. The fourth-order valence-electron chi connectivity index (χ4n) is 2.45. The van der Waals surface area contributed by atoms with Crippen molar-refractivity contribution < 1.29 is 9.21 Å². The van der Waals surface area contributed by atoms with E-state index in [-0.39, 0.29) is 5.91 Å². The van der Waals surface area contributed by atoms with E-state index in [0.717, 1.165) is 11.0 Å². The average Bonchev–Trinajstić information content (AvgIpc) is 3.28. The van der Waals surface area contributed by atoms with Gasteiger partial charge in [-0.1, -0.05) is 24.3 Å². The minimum Gasteiger partial charge on any atom is -0.454 e. The van der Waals surface area contributed by atoms with Gasteiger partial charge in [0.2, 0.25) is 0 Å². The van der Waals surface area contributed by atoms with Crippen LogP contribution in [-0.2, 0) is 0 Å². The number of furan rings is 1. The molecule has 0 radical (unpaired) electrons.